The van der Waals surface area contributed by atoms with Crippen LogP contribution in [0.4, 0.5) is 5.69 Å². The van der Waals surface area contributed by atoms with Crippen molar-refractivity contribution in [2.24, 2.45) is 0 Å². The topological polar surface area (TPSA) is 12.0 Å². The van der Waals surface area contributed by atoms with Gasteiger partial charge in [-0.3, -0.25) is 0 Å². The van der Waals surface area contributed by atoms with E-state index in [4.69, 9.17) is 0 Å². The third-order valence-electron chi connectivity index (χ3n) is 11.2. The average Bonchev–Trinajstić information content (AvgIpc) is 3.16. The molecule has 0 aliphatic carbocycles. The molecule has 274 valence electrons. The molecule has 5 aromatic carbocycles. The van der Waals surface area contributed by atoms with Crippen LogP contribution in [0.2, 0.25) is 0 Å². The number of anilines is 1. The molecule has 0 saturated heterocycles. The second kappa shape index (κ2) is 18.7. The highest BCUT2D eigenvalue weighted by Gasteiger charge is 2.19. The van der Waals surface area contributed by atoms with E-state index in [1.165, 1.54) is 72.4 Å². The normalized spacial score (nSPS) is 13.3. The Bertz CT molecular complexity index is 2050. The molecular weight excluding hydrogens is 639 g/mol. The molecule has 1 heteroatoms. The van der Waals surface area contributed by atoms with Gasteiger partial charge < -0.3 is 5.32 Å². The van der Waals surface area contributed by atoms with Gasteiger partial charge in [0.25, 0.3) is 0 Å². The summed E-state index contributed by atoms with van der Waals surface area (Å²) in [5.74, 6) is 0.837. The zero-order valence-corrected chi connectivity index (χ0v) is 33.7. The number of benzene rings is 5. The second-order valence-electron chi connectivity index (χ2n) is 15.2. The Labute approximate surface area is 321 Å². The lowest BCUT2D eigenvalue weighted by molar-refractivity contribution is 0.607. The molecule has 0 fully saturated rings. The number of rotatable bonds is 16. The van der Waals surface area contributed by atoms with E-state index in [0.29, 0.717) is 11.8 Å². The number of aryl methyl sites for hydroxylation is 4. The van der Waals surface area contributed by atoms with E-state index in [1.54, 1.807) is 0 Å². The summed E-state index contributed by atoms with van der Waals surface area (Å²) in [4.78, 5) is 0. The molecule has 2 atom stereocenters. The van der Waals surface area contributed by atoms with E-state index < -0.39 is 0 Å². The van der Waals surface area contributed by atoms with E-state index in [2.05, 4.69) is 189 Å². The summed E-state index contributed by atoms with van der Waals surface area (Å²) in [7, 11) is 0. The lowest BCUT2D eigenvalue weighted by Crippen LogP contribution is -2.06. The third-order valence-corrected chi connectivity index (χ3v) is 11.2. The minimum absolute atomic E-state index is 0.348. The molecule has 1 nitrogen and oxygen atoms in total. The summed E-state index contributed by atoms with van der Waals surface area (Å²) in [5, 5.41) is 3.70. The number of allylic oxidation sites excluding steroid dienone is 4. The summed E-state index contributed by atoms with van der Waals surface area (Å²) >= 11 is 0. The Morgan fingerprint density at radius 3 is 2.08 bits per heavy atom. The molecule has 0 saturated carbocycles. The van der Waals surface area contributed by atoms with Crippen LogP contribution in [-0.2, 0) is 6.42 Å². The highest BCUT2D eigenvalue weighted by Crippen LogP contribution is 2.38. The standard InChI is InChI=1S/C52H61N/c1-10-43(48-21-14-15-22-49(48)47-20-13-12-18-39(47)7)31-28-42-27-26-40(8)50(35-42)51(41(9)45(11-2)44-29-24-37(5)25-30-44)34-38(6)32-33-53-52-23-17-16-19-46(52)36(3)4/h12-27,29-30,34-35,43,45,53H,3,10-11,28,31-33H2,1-2,4-9H3. The van der Waals surface area contributed by atoms with Gasteiger partial charge in [-0.1, -0.05) is 152 Å². The second-order valence-corrected chi connectivity index (χ2v) is 15.2. The molecule has 0 amide bonds. The van der Waals surface area contributed by atoms with Crippen molar-refractivity contribution >= 4 is 16.8 Å². The maximum absolute atomic E-state index is 4.20. The van der Waals surface area contributed by atoms with Crippen LogP contribution in [0, 0.1) is 20.8 Å². The third kappa shape index (κ3) is 9.96. The Hall–Kier alpha value is -4.88. The van der Waals surface area contributed by atoms with Gasteiger partial charge in [0.15, 0.2) is 0 Å². The lowest BCUT2D eigenvalue weighted by atomic mass is 9.82. The van der Waals surface area contributed by atoms with Crippen LogP contribution in [0.15, 0.2) is 139 Å². The smallest absolute Gasteiger partial charge is 0.0416 e. The highest BCUT2D eigenvalue weighted by molar-refractivity contribution is 5.80. The molecule has 2 unspecified atom stereocenters. The van der Waals surface area contributed by atoms with Gasteiger partial charge in [0.1, 0.15) is 0 Å². The van der Waals surface area contributed by atoms with Gasteiger partial charge in [0, 0.05) is 18.2 Å². The summed E-state index contributed by atoms with van der Waals surface area (Å²) in [6, 6.07) is 42.7. The fourth-order valence-corrected chi connectivity index (χ4v) is 7.91. The van der Waals surface area contributed by atoms with Crippen molar-refractivity contribution in [1.29, 1.82) is 0 Å². The van der Waals surface area contributed by atoms with Crippen LogP contribution < -0.4 is 5.32 Å². The predicted octanol–water partition coefficient (Wildman–Crippen LogP) is 14.9. The van der Waals surface area contributed by atoms with Crippen molar-refractivity contribution in [2.45, 2.75) is 99.3 Å². The Balaban J connectivity index is 1.47. The maximum atomic E-state index is 4.20. The van der Waals surface area contributed by atoms with Gasteiger partial charge in [-0.2, -0.15) is 0 Å². The SMILES string of the molecule is C=C(C)c1ccccc1NCCC(C)=CC(=C(C)C(CC)c1ccc(C)cc1)c1cc(CCC(CC)c2ccccc2-c2ccccc2C)ccc1C. The summed E-state index contributed by atoms with van der Waals surface area (Å²) in [6.07, 6.45) is 7.78. The van der Waals surface area contributed by atoms with Crippen molar-refractivity contribution in [3.05, 3.63) is 184 Å². The molecule has 1 N–H and O–H groups in total. The molecule has 0 aromatic heterocycles. The fourth-order valence-electron chi connectivity index (χ4n) is 7.91. The Kier molecular flexibility index (Phi) is 13.9. The van der Waals surface area contributed by atoms with Gasteiger partial charge in [-0.15, -0.1) is 0 Å². The van der Waals surface area contributed by atoms with Crippen molar-refractivity contribution in [3.8, 4) is 11.1 Å². The molecule has 0 aliphatic heterocycles. The van der Waals surface area contributed by atoms with Crippen molar-refractivity contribution in [2.75, 3.05) is 11.9 Å². The number of hydrogen-bond donors (Lipinski definition) is 1. The molecule has 0 spiro atoms. The largest absolute Gasteiger partial charge is 0.384 e. The van der Waals surface area contributed by atoms with Crippen LogP contribution in [-0.4, -0.2) is 6.54 Å². The summed E-state index contributed by atoms with van der Waals surface area (Å²) < 4.78 is 0. The van der Waals surface area contributed by atoms with E-state index in [0.717, 1.165) is 49.9 Å². The van der Waals surface area contributed by atoms with Gasteiger partial charge in [-0.05, 0) is 147 Å². The van der Waals surface area contributed by atoms with Gasteiger partial charge in [0.2, 0.25) is 0 Å². The molecule has 0 radical (unpaired) electrons. The Morgan fingerprint density at radius 2 is 1.38 bits per heavy atom. The first-order valence-electron chi connectivity index (χ1n) is 19.8. The van der Waals surface area contributed by atoms with E-state index in [1.807, 2.05) is 0 Å². The van der Waals surface area contributed by atoms with Gasteiger partial charge in [-0.25, -0.2) is 0 Å². The molecular formula is C52H61N. The predicted molar refractivity (Wildman–Crippen MR) is 234 cm³/mol. The number of nitrogens with one attached hydrogen (secondary N) is 1. The van der Waals surface area contributed by atoms with Gasteiger partial charge in [0.05, 0.1) is 0 Å². The highest BCUT2D eigenvalue weighted by atomic mass is 14.9. The minimum Gasteiger partial charge on any atom is -0.384 e. The molecule has 53 heavy (non-hydrogen) atoms. The van der Waals surface area contributed by atoms with Crippen molar-refractivity contribution in [1.82, 2.24) is 0 Å². The molecule has 0 heterocycles. The minimum atomic E-state index is 0.348. The molecule has 0 bridgehead atoms. The number of para-hydroxylation sites is 1. The van der Waals surface area contributed by atoms with E-state index >= 15 is 0 Å². The first kappa shape index (κ1) is 39.3. The molecule has 0 aliphatic rings. The van der Waals surface area contributed by atoms with Crippen LogP contribution >= 0.6 is 0 Å². The number of hydrogen-bond acceptors (Lipinski definition) is 1. The van der Waals surface area contributed by atoms with Crippen LogP contribution in [0.5, 0.6) is 0 Å². The van der Waals surface area contributed by atoms with Crippen LogP contribution in [0.3, 0.4) is 0 Å². The van der Waals surface area contributed by atoms with Crippen LogP contribution in [0.1, 0.15) is 117 Å². The van der Waals surface area contributed by atoms with E-state index in [-0.39, 0.29) is 0 Å². The zero-order chi connectivity index (χ0) is 37.9. The fraction of sp³-hybridized carbons (Fsp3) is 0.308. The maximum Gasteiger partial charge on any atom is 0.0416 e. The van der Waals surface area contributed by atoms with Crippen molar-refractivity contribution in [3.63, 3.8) is 0 Å². The van der Waals surface area contributed by atoms with Crippen LogP contribution in [0.25, 0.3) is 22.3 Å². The average molecular weight is 700 g/mol. The first-order chi connectivity index (χ1) is 25.6. The molecule has 5 aromatic rings. The van der Waals surface area contributed by atoms with Crippen molar-refractivity contribution < 1.29 is 0 Å². The Morgan fingerprint density at radius 1 is 0.698 bits per heavy atom. The zero-order valence-electron chi connectivity index (χ0n) is 33.7. The van der Waals surface area contributed by atoms with Gasteiger partial charge >= 0.3 is 0 Å². The summed E-state index contributed by atoms with van der Waals surface area (Å²) in [5.41, 5.74) is 19.9. The summed E-state index contributed by atoms with van der Waals surface area (Å²) in [6.45, 7) is 23.2. The lowest BCUT2D eigenvalue weighted by Gasteiger charge is -2.23. The monoisotopic (exact) mass is 699 g/mol. The molecule has 5 rings (SSSR count). The van der Waals surface area contributed by atoms with E-state index in [9.17, 15) is 0 Å². The first-order valence-corrected chi connectivity index (χ1v) is 19.8. The quantitative estimate of drug-likeness (QED) is 0.101.